The third kappa shape index (κ3) is 3.34. The van der Waals surface area contributed by atoms with Crippen molar-refractivity contribution in [3.8, 4) is 0 Å². The highest BCUT2D eigenvalue weighted by molar-refractivity contribution is 5.66. The summed E-state index contributed by atoms with van der Waals surface area (Å²) in [7, 11) is 0. The van der Waals surface area contributed by atoms with Gasteiger partial charge in [-0.25, -0.2) is 0 Å². The van der Waals surface area contributed by atoms with Gasteiger partial charge in [0, 0.05) is 0 Å². The van der Waals surface area contributed by atoms with E-state index in [-0.39, 0.29) is 0 Å². The summed E-state index contributed by atoms with van der Waals surface area (Å²) in [6, 6.07) is 5.81. The van der Waals surface area contributed by atoms with Crippen LogP contribution in [0, 0.1) is 0 Å². The largest absolute Gasteiger partial charge is 0.397 e. The van der Waals surface area contributed by atoms with Gasteiger partial charge in [-0.3, -0.25) is 5.84 Å². The molecule has 0 aliphatic rings. The number of anilines is 2. The zero-order valence-corrected chi connectivity index (χ0v) is 8.59. The number of nitrogens with one attached hydrogen (secondary N) is 1. The molecule has 0 saturated heterocycles. The Bertz CT molecular complexity index is 246. The van der Waals surface area contributed by atoms with Crippen LogP contribution in [0.25, 0.3) is 0 Å². The quantitative estimate of drug-likeness (QED) is 0.372. The van der Waals surface area contributed by atoms with Crippen LogP contribution in [0.2, 0.25) is 0 Å². The number of nitrogen functional groups attached to an aromatic ring is 2. The molecule has 74 valence electrons. The van der Waals surface area contributed by atoms with Gasteiger partial charge in [0.15, 0.2) is 0 Å². The Balaban J connectivity index is 0.000000671. The van der Waals surface area contributed by atoms with Crippen molar-refractivity contribution < 1.29 is 0 Å². The van der Waals surface area contributed by atoms with Crippen LogP contribution in [0.15, 0.2) is 18.2 Å². The predicted molar refractivity (Wildman–Crippen MR) is 59.4 cm³/mol. The second-order valence-electron chi connectivity index (χ2n) is 2.42. The maximum atomic E-state index is 5.61. The monoisotopic (exact) mass is 181 g/mol. The second kappa shape index (κ2) is 6.31. The Morgan fingerprint density at radius 1 is 1.31 bits per heavy atom. The van der Waals surface area contributed by atoms with Crippen molar-refractivity contribution in [1.29, 1.82) is 0 Å². The number of nitrogens with two attached hydrogens (primary N) is 2. The van der Waals surface area contributed by atoms with Gasteiger partial charge in [-0.15, -0.1) is 0 Å². The molecule has 0 heterocycles. The molecule has 0 amide bonds. The van der Waals surface area contributed by atoms with Crippen LogP contribution in [0.5, 0.6) is 0 Å². The molecule has 13 heavy (non-hydrogen) atoms. The van der Waals surface area contributed by atoms with Gasteiger partial charge < -0.3 is 11.2 Å². The van der Waals surface area contributed by atoms with Gasteiger partial charge in [0.1, 0.15) is 0 Å². The highest BCUT2D eigenvalue weighted by Crippen LogP contribution is 2.18. The highest BCUT2D eigenvalue weighted by atomic mass is 15.2. The Labute approximate surface area is 80.1 Å². The normalized spacial score (nSPS) is 8.62. The van der Waals surface area contributed by atoms with Gasteiger partial charge >= 0.3 is 0 Å². The highest BCUT2D eigenvalue weighted by Gasteiger charge is 1.96. The van der Waals surface area contributed by atoms with E-state index in [4.69, 9.17) is 11.6 Å². The lowest BCUT2D eigenvalue weighted by Crippen LogP contribution is -2.09. The fourth-order valence-electron chi connectivity index (χ4n) is 0.948. The third-order valence-electron chi connectivity index (χ3n) is 1.68. The first-order valence-electron chi connectivity index (χ1n) is 4.63. The van der Waals surface area contributed by atoms with Gasteiger partial charge in [0.25, 0.3) is 0 Å². The molecule has 0 aliphatic heterocycles. The van der Waals surface area contributed by atoms with E-state index in [0.29, 0.717) is 5.69 Å². The molecule has 5 N–H and O–H groups in total. The summed E-state index contributed by atoms with van der Waals surface area (Å²) < 4.78 is 0. The van der Waals surface area contributed by atoms with Gasteiger partial charge in [-0.2, -0.15) is 0 Å². The first-order chi connectivity index (χ1) is 6.27. The molecular weight excluding hydrogens is 162 g/mol. The minimum atomic E-state index is 0.685. The Morgan fingerprint density at radius 2 is 1.92 bits per heavy atom. The first-order valence-corrected chi connectivity index (χ1v) is 4.63. The van der Waals surface area contributed by atoms with E-state index >= 15 is 0 Å². The van der Waals surface area contributed by atoms with Crippen LogP contribution >= 0.6 is 0 Å². The van der Waals surface area contributed by atoms with E-state index in [9.17, 15) is 0 Å². The third-order valence-corrected chi connectivity index (χ3v) is 1.68. The smallest absolute Gasteiger partial charge is 0.0718 e. The number of rotatable bonds is 2. The number of aryl methyl sites for hydroxylation is 1. The van der Waals surface area contributed by atoms with Crippen LogP contribution in [-0.4, -0.2) is 0 Å². The van der Waals surface area contributed by atoms with Crippen molar-refractivity contribution in [1.82, 2.24) is 0 Å². The molecule has 1 aromatic rings. The van der Waals surface area contributed by atoms with Crippen LogP contribution in [0.3, 0.4) is 0 Å². The van der Waals surface area contributed by atoms with Gasteiger partial charge in [0.2, 0.25) is 0 Å². The number of hydrazine groups is 1. The molecule has 3 nitrogen and oxygen atoms in total. The van der Waals surface area contributed by atoms with E-state index in [1.165, 1.54) is 5.56 Å². The van der Waals surface area contributed by atoms with Crippen molar-refractivity contribution in [3.63, 3.8) is 0 Å². The summed E-state index contributed by atoms with van der Waals surface area (Å²) in [4.78, 5) is 0. The van der Waals surface area contributed by atoms with E-state index in [1.54, 1.807) is 0 Å². The lowest BCUT2D eigenvalue weighted by atomic mass is 10.1. The fraction of sp³-hybridized carbons (Fsp3) is 0.400. The van der Waals surface area contributed by atoms with Crippen molar-refractivity contribution in [3.05, 3.63) is 23.8 Å². The summed E-state index contributed by atoms with van der Waals surface area (Å²) in [5.74, 6) is 5.24. The molecule has 0 fully saturated rings. The van der Waals surface area contributed by atoms with Gasteiger partial charge in [-0.05, 0) is 24.1 Å². The molecule has 0 unspecified atom stereocenters. The molecule has 0 atom stereocenters. The van der Waals surface area contributed by atoms with Crippen LogP contribution in [-0.2, 0) is 6.42 Å². The van der Waals surface area contributed by atoms with Gasteiger partial charge in [-0.1, -0.05) is 26.8 Å². The van der Waals surface area contributed by atoms with E-state index in [0.717, 1.165) is 12.1 Å². The summed E-state index contributed by atoms with van der Waals surface area (Å²) in [6.45, 7) is 6.09. The van der Waals surface area contributed by atoms with E-state index in [2.05, 4.69) is 12.3 Å². The van der Waals surface area contributed by atoms with Crippen LogP contribution in [0.4, 0.5) is 11.4 Å². The summed E-state index contributed by atoms with van der Waals surface area (Å²) in [5.41, 5.74) is 10.9. The molecule has 1 aromatic carbocycles. The number of benzene rings is 1. The van der Waals surface area contributed by atoms with Crippen molar-refractivity contribution in [2.45, 2.75) is 27.2 Å². The summed E-state index contributed by atoms with van der Waals surface area (Å²) in [5, 5.41) is 0. The SMILES string of the molecule is CC.CCc1ccc(N)c(NN)c1. The number of hydrogen-bond acceptors (Lipinski definition) is 3. The maximum Gasteiger partial charge on any atom is 0.0718 e. The van der Waals surface area contributed by atoms with Crippen molar-refractivity contribution >= 4 is 11.4 Å². The fourth-order valence-corrected chi connectivity index (χ4v) is 0.948. The lowest BCUT2D eigenvalue weighted by molar-refractivity contribution is 1.14. The topological polar surface area (TPSA) is 64.1 Å². The average molecular weight is 181 g/mol. The molecule has 0 radical (unpaired) electrons. The molecule has 0 aromatic heterocycles. The zero-order valence-electron chi connectivity index (χ0n) is 8.59. The zero-order chi connectivity index (χ0) is 10.3. The molecular formula is C10H19N3. The molecule has 0 aliphatic carbocycles. The molecule has 0 saturated carbocycles. The molecule has 1 rings (SSSR count). The predicted octanol–water partition coefficient (Wildman–Crippen LogP) is 2.14. The summed E-state index contributed by atoms with van der Waals surface area (Å²) in [6.07, 6.45) is 0.995. The Kier molecular flexibility index (Phi) is 5.72. The molecule has 0 spiro atoms. The van der Waals surface area contributed by atoms with Crippen molar-refractivity contribution in [2.24, 2.45) is 5.84 Å². The minimum Gasteiger partial charge on any atom is -0.397 e. The lowest BCUT2D eigenvalue weighted by Gasteiger charge is -2.05. The molecule has 3 heteroatoms. The summed E-state index contributed by atoms with van der Waals surface area (Å²) >= 11 is 0. The molecule has 0 bridgehead atoms. The number of hydrogen-bond donors (Lipinski definition) is 3. The standard InChI is InChI=1S/C8H13N3.C2H6/c1-2-6-3-4-7(9)8(5-6)11-10;1-2/h3-5,11H,2,9-10H2,1H3;1-2H3. The van der Waals surface area contributed by atoms with E-state index in [1.807, 2.05) is 32.0 Å². The van der Waals surface area contributed by atoms with Crippen LogP contribution in [0.1, 0.15) is 26.3 Å². The average Bonchev–Trinajstić information content (AvgIpc) is 2.22. The van der Waals surface area contributed by atoms with Crippen LogP contribution < -0.4 is 17.0 Å². The first kappa shape index (κ1) is 11.8. The Morgan fingerprint density at radius 3 is 2.38 bits per heavy atom. The minimum absolute atomic E-state index is 0.685. The maximum absolute atomic E-state index is 5.61. The Hall–Kier alpha value is -1.22. The van der Waals surface area contributed by atoms with E-state index < -0.39 is 0 Å². The van der Waals surface area contributed by atoms with Crippen molar-refractivity contribution in [2.75, 3.05) is 11.2 Å². The van der Waals surface area contributed by atoms with Gasteiger partial charge in [0.05, 0.1) is 11.4 Å². The second-order valence-corrected chi connectivity index (χ2v) is 2.42.